The van der Waals surface area contributed by atoms with Crippen molar-refractivity contribution in [2.24, 2.45) is 5.92 Å². The molecule has 2 aliphatic heterocycles. The molecule has 12 heteroatoms. The van der Waals surface area contributed by atoms with Gasteiger partial charge in [0.25, 0.3) is 5.92 Å². The summed E-state index contributed by atoms with van der Waals surface area (Å²) in [5.41, 5.74) is 2.04. The van der Waals surface area contributed by atoms with Crippen LogP contribution in [0.3, 0.4) is 0 Å². The minimum Gasteiger partial charge on any atom is -0.376 e. The fourth-order valence-electron chi connectivity index (χ4n) is 6.08. The SMILES string of the molecule is CC[C@@H]1CN(c2nc(Cl)nc3c2nnn3C[C@H]2CCCO2)[C@@H](C)CN1[C@H](c1ccc(Cl)cc1)[C@@H]1CC1(F)F. The van der Waals surface area contributed by atoms with Crippen molar-refractivity contribution < 1.29 is 13.5 Å². The van der Waals surface area contributed by atoms with E-state index in [-0.39, 0.29) is 29.9 Å². The van der Waals surface area contributed by atoms with Gasteiger partial charge in [-0.3, -0.25) is 4.90 Å². The Morgan fingerprint density at radius 2 is 1.92 bits per heavy atom. The third-order valence-corrected chi connectivity index (χ3v) is 8.59. The summed E-state index contributed by atoms with van der Waals surface area (Å²) in [6.07, 6.45) is 2.77. The summed E-state index contributed by atoms with van der Waals surface area (Å²) in [7, 11) is 0. The molecule has 1 saturated carbocycles. The summed E-state index contributed by atoms with van der Waals surface area (Å²) in [5, 5.41) is 9.51. The zero-order valence-electron chi connectivity index (χ0n) is 21.4. The van der Waals surface area contributed by atoms with Crippen LogP contribution in [-0.4, -0.2) is 73.7 Å². The topological polar surface area (TPSA) is 72.2 Å². The highest BCUT2D eigenvalue weighted by Crippen LogP contribution is 2.57. The molecule has 0 bridgehead atoms. The molecule has 3 aliphatic rings. The van der Waals surface area contributed by atoms with Gasteiger partial charge in [-0.1, -0.05) is 35.9 Å². The molecule has 3 fully saturated rings. The number of benzene rings is 1. The highest BCUT2D eigenvalue weighted by molar-refractivity contribution is 6.30. The van der Waals surface area contributed by atoms with E-state index in [1.807, 2.05) is 12.1 Å². The van der Waals surface area contributed by atoms with Gasteiger partial charge in [-0.15, -0.1) is 5.10 Å². The van der Waals surface area contributed by atoms with E-state index in [1.165, 1.54) is 0 Å². The van der Waals surface area contributed by atoms with Crippen molar-refractivity contribution in [3.05, 3.63) is 40.1 Å². The maximum atomic E-state index is 14.5. The molecule has 1 aliphatic carbocycles. The van der Waals surface area contributed by atoms with E-state index in [0.717, 1.165) is 31.4 Å². The zero-order valence-corrected chi connectivity index (χ0v) is 22.9. The molecule has 8 nitrogen and oxygen atoms in total. The van der Waals surface area contributed by atoms with E-state index in [1.54, 1.807) is 16.8 Å². The van der Waals surface area contributed by atoms with Gasteiger partial charge in [0.05, 0.1) is 12.6 Å². The lowest BCUT2D eigenvalue weighted by atomic mass is 9.94. The van der Waals surface area contributed by atoms with E-state index in [9.17, 15) is 8.78 Å². The molecule has 204 valence electrons. The van der Waals surface area contributed by atoms with E-state index < -0.39 is 17.9 Å². The summed E-state index contributed by atoms with van der Waals surface area (Å²) < 4.78 is 36.5. The first-order valence-corrected chi connectivity index (χ1v) is 14.0. The summed E-state index contributed by atoms with van der Waals surface area (Å²) in [5.74, 6) is -2.74. The van der Waals surface area contributed by atoms with Crippen LogP contribution < -0.4 is 4.90 Å². The van der Waals surface area contributed by atoms with Crippen LogP contribution in [0.5, 0.6) is 0 Å². The maximum Gasteiger partial charge on any atom is 0.253 e. The summed E-state index contributed by atoms with van der Waals surface area (Å²) in [4.78, 5) is 13.4. The number of alkyl halides is 2. The van der Waals surface area contributed by atoms with Gasteiger partial charge in [-0.2, -0.15) is 9.97 Å². The Kier molecular flexibility index (Phi) is 6.95. The molecule has 1 aromatic carbocycles. The number of anilines is 1. The van der Waals surface area contributed by atoms with Gasteiger partial charge in [-0.25, -0.2) is 13.5 Å². The largest absolute Gasteiger partial charge is 0.376 e. The number of hydrogen-bond acceptors (Lipinski definition) is 7. The monoisotopic (exact) mass is 565 g/mol. The highest BCUT2D eigenvalue weighted by Gasteiger charge is 2.62. The molecule has 3 aromatic rings. The molecule has 2 saturated heterocycles. The fraction of sp³-hybridized carbons (Fsp3) is 0.615. The van der Waals surface area contributed by atoms with Crippen LogP contribution in [0.1, 0.15) is 51.1 Å². The van der Waals surface area contributed by atoms with E-state index >= 15 is 0 Å². The Hall–Kier alpha value is -2.14. The number of ether oxygens (including phenoxy) is 1. The smallest absolute Gasteiger partial charge is 0.253 e. The molecular weight excluding hydrogens is 535 g/mol. The first kappa shape index (κ1) is 26.1. The Balaban J connectivity index is 1.31. The van der Waals surface area contributed by atoms with Gasteiger partial charge in [0.15, 0.2) is 17.0 Å². The average Bonchev–Trinajstić information content (AvgIpc) is 3.24. The normalized spacial score (nSPS) is 28.2. The number of piperazine rings is 1. The maximum absolute atomic E-state index is 14.5. The molecule has 0 amide bonds. The summed E-state index contributed by atoms with van der Waals surface area (Å²) in [6, 6.07) is 6.93. The first-order valence-electron chi connectivity index (χ1n) is 13.3. The van der Waals surface area contributed by atoms with E-state index in [4.69, 9.17) is 27.9 Å². The van der Waals surface area contributed by atoms with Crippen molar-refractivity contribution in [2.75, 3.05) is 24.6 Å². The predicted octanol–water partition coefficient (Wildman–Crippen LogP) is 5.39. The number of rotatable bonds is 7. The van der Waals surface area contributed by atoms with Gasteiger partial charge in [-0.05, 0) is 55.5 Å². The van der Waals surface area contributed by atoms with E-state index in [2.05, 4.69) is 43.9 Å². The van der Waals surface area contributed by atoms with Gasteiger partial charge >= 0.3 is 0 Å². The molecule has 6 rings (SSSR count). The average molecular weight is 566 g/mol. The van der Waals surface area contributed by atoms with Gasteiger partial charge in [0.1, 0.15) is 0 Å². The Labute approximate surface area is 230 Å². The van der Waals surface area contributed by atoms with Crippen LogP contribution in [0.15, 0.2) is 24.3 Å². The second-order valence-electron chi connectivity index (χ2n) is 10.7. The van der Waals surface area contributed by atoms with Crippen molar-refractivity contribution in [3.63, 3.8) is 0 Å². The Bertz CT molecular complexity index is 1300. The lowest BCUT2D eigenvalue weighted by Gasteiger charge is -2.49. The van der Waals surface area contributed by atoms with Crippen molar-refractivity contribution in [3.8, 4) is 0 Å². The molecule has 0 unspecified atom stereocenters. The number of hydrogen-bond donors (Lipinski definition) is 0. The van der Waals surface area contributed by atoms with Crippen molar-refractivity contribution in [1.29, 1.82) is 0 Å². The highest BCUT2D eigenvalue weighted by atomic mass is 35.5. The first-order chi connectivity index (χ1) is 18.2. The van der Waals surface area contributed by atoms with Gasteiger partial charge in [0, 0.05) is 55.2 Å². The predicted molar refractivity (Wildman–Crippen MR) is 142 cm³/mol. The minimum absolute atomic E-state index is 0.0222. The summed E-state index contributed by atoms with van der Waals surface area (Å²) >= 11 is 12.5. The van der Waals surface area contributed by atoms with Crippen molar-refractivity contribution >= 4 is 40.2 Å². The molecule has 38 heavy (non-hydrogen) atoms. The minimum atomic E-state index is -2.66. The fourth-order valence-corrected chi connectivity index (χ4v) is 6.36. The zero-order chi connectivity index (χ0) is 26.6. The summed E-state index contributed by atoms with van der Waals surface area (Å²) in [6.45, 7) is 6.68. The second-order valence-corrected chi connectivity index (χ2v) is 11.5. The van der Waals surface area contributed by atoms with Crippen LogP contribution in [0, 0.1) is 5.92 Å². The Morgan fingerprint density at radius 3 is 2.58 bits per heavy atom. The molecule has 2 aromatic heterocycles. The number of fused-ring (bicyclic) bond motifs is 1. The second kappa shape index (κ2) is 10.1. The standard InChI is InChI=1S/C26H31Cl2F2N7O/c1-3-18-13-35(23-21-24(32-25(28)31-23)37(34-33-21)14-19-5-4-10-38-19)15(2)12-36(18)22(20-11-26(20,29)30)16-6-8-17(27)9-7-16/h6-9,15,18-20,22H,3-5,10-14H2,1-2H3/t15-,18+,19+,20-,22+/m0/s1. The lowest BCUT2D eigenvalue weighted by Crippen LogP contribution is -2.59. The van der Waals surface area contributed by atoms with Crippen LogP contribution >= 0.6 is 23.2 Å². The van der Waals surface area contributed by atoms with Crippen LogP contribution in [0.2, 0.25) is 10.3 Å². The van der Waals surface area contributed by atoms with Crippen LogP contribution in [0.4, 0.5) is 14.6 Å². The van der Waals surface area contributed by atoms with Crippen LogP contribution in [0.25, 0.3) is 11.2 Å². The van der Waals surface area contributed by atoms with Gasteiger partial charge in [0.2, 0.25) is 5.28 Å². The molecule has 0 N–H and O–H groups in total. The number of halogens is 4. The molecule has 5 atom stereocenters. The third-order valence-electron chi connectivity index (χ3n) is 8.17. The quantitative estimate of drug-likeness (QED) is 0.355. The number of nitrogens with zero attached hydrogens (tertiary/aromatic N) is 7. The van der Waals surface area contributed by atoms with Crippen molar-refractivity contribution in [1.82, 2.24) is 29.9 Å². The molecule has 0 spiro atoms. The lowest BCUT2D eigenvalue weighted by molar-refractivity contribution is 0.0340. The molecule has 4 heterocycles. The van der Waals surface area contributed by atoms with Gasteiger partial charge < -0.3 is 9.64 Å². The molecular formula is C26H31Cl2F2N7O. The number of aromatic nitrogens is 5. The van der Waals surface area contributed by atoms with E-state index in [0.29, 0.717) is 41.6 Å². The van der Waals surface area contributed by atoms with Crippen LogP contribution in [-0.2, 0) is 11.3 Å². The molecule has 0 radical (unpaired) electrons. The van der Waals surface area contributed by atoms with Crippen molar-refractivity contribution in [2.45, 2.75) is 76.2 Å². The third kappa shape index (κ3) is 4.85. The Morgan fingerprint density at radius 1 is 1.16 bits per heavy atom.